The molecule has 10 amide bonds. The smallest absolute Gasteiger partial charge is 0.305 e. The highest BCUT2D eigenvalue weighted by molar-refractivity contribution is 7.98. The summed E-state index contributed by atoms with van der Waals surface area (Å²) in [5, 5.41) is 62.4. The van der Waals surface area contributed by atoms with Crippen LogP contribution in [0.2, 0.25) is 0 Å². The number of rotatable bonds is 32. The number of aromatic hydroxyl groups is 1. The summed E-state index contributed by atoms with van der Waals surface area (Å²) in [4.78, 5) is 161. The SMILES string of the molecule is CSCC[C@H](NC(=O)[C@H](Cc1c[nH]c2ccccc12)NC(=O)CNC(=O)[C@@H](NC(=O)[C@H](Cc1ccc(O)cc1)NC(=O)[C@H](CCC(=O)O)NC(=O)[C@@H]1CCC(=O)N1)[C@@H](C)O)C(=O)N[C@@H](CC(=O)O)C(=O)N[C@@H](Cc1ccccc1)C(N)=O. The Morgan fingerprint density at radius 3 is 1.83 bits per heavy atom. The molecule has 28 heteroatoms. The Hall–Kier alpha value is -9.05. The highest BCUT2D eigenvalue weighted by atomic mass is 32.2. The first kappa shape index (κ1) is 63.8. The molecule has 27 nitrogen and oxygen atoms in total. The number of hydrogen-bond acceptors (Lipinski definition) is 15. The molecule has 2 heterocycles. The number of nitrogens with two attached hydrogens (primary N) is 1. The molecule has 1 aliphatic rings. The molecule has 1 aromatic heterocycles. The zero-order valence-electron chi connectivity index (χ0n) is 44.7. The van der Waals surface area contributed by atoms with Gasteiger partial charge in [0.05, 0.1) is 19.1 Å². The summed E-state index contributed by atoms with van der Waals surface area (Å²) in [5.74, 6) is -11.9. The van der Waals surface area contributed by atoms with Crippen LogP contribution >= 0.6 is 11.8 Å². The number of phenols is 1. The van der Waals surface area contributed by atoms with Crippen molar-refractivity contribution in [2.24, 2.45) is 5.73 Å². The van der Waals surface area contributed by atoms with E-state index in [9.17, 15) is 78.0 Å². The molecule has 16 N–H and O–H groups in total. The fourth-order valence-corrected chi connectivity index (χ4v) is 9.13. The van der Waals surface area contributed by atoms with Crippen LogP contribution in [0.5, 0.6) is 5.75 Å². The summed E-state index contributed by atoms with van der Waals surface area (Å²) < 4.78 is 0. The molecule has 0 bridgehead atoms. The lowest BCUT2D eigenvalue weighted by Crippen LogP contribution is -2.60. The predicted octanol–water partition coefficient (Wildman–Crippen LogP) is -2.35. The number of aromatic amines is 1. The van der Waals surface area contributed by atoms with Crippen LogP contribution in [-0.4, -0.2) is 169 Å². The van der Waals surface area contributed by atoms with Gasteiger partial charge in [-0.3, -0.25) is 57.5 Å². The maximum absolute atomic E-state index is 14.4. The largest absolute Gasteiger partial charge is 0.508 e. The first-order valence-electron chi connectivity index (χ1n) is 26.0. The molecule has 4 aromatic rings. The number of aliphatic hydroxyl groups is 1. The molecule has 1 fully saturated rings. The van der Waals surface area contributed by atoms with E-state index >= 15 is 0 Å². The van der Waals surface area contributed by atoms with Gasteiger partial charge in [0.1, 0.15) is 54.1 Å². The van der Waals surface area contributed by atoms with Crippen molar-refractivity contribution >= 4 is 93.7 Å². The van der Waals surface area contributed by atoms with E-state index in [0.717, 1.165) is 6.92 Å². The highest BCUT2D eigenvalue weighted by Gasteiger charge is 2.36. The number of primary amides is 1. The number of carbonyl (C=O) groups excluding carboxylic acids is 10. The zero-order chi connectivity index (χ0) is 60.0. The summed E-state index contributed by atoms with van der Waals surface area (Å²) >= 11 is 1.29. The van der Waals surface area contributed by atoms with E-state index in [4.69, 9.17) is 5.73 Å². The third-order valence-corrected chi connectivity index (χ3v) is 13.7. The first-order valence-corrected chi connectivity index (χ1v) is 27.4. The lowest BCUT2D eigenvalue weighted by atomic mass is 10.0. The lowest BCUT2D eigenvalue weighted by Gasteiger charge is -2.27. The van der Waals surface area contributed by atoms with Gasteiger partial charge in [-0.25, -0.2) is 0 Å². The number of carbonyl (C=O) groups is 12. The van der Waals surface area contributed by atoms with Gasteiger partial charge in [0.15, 0.2) is 0 Å². The van der Waals surface area contributed by atoms with Crippen LogP contribution in [0.1, 0.15) is 62.1 Å². The number of aromatic nitrogens is 1. The summed E-state index contributed by atoms with van der Waals surface area (Å²) in [5.41, 5.74) is 7.78. The molecule has 440 valence electrons. The summed E-state index contributed by atoms with van der Waals surface area (Å²) in [6.45, 7) is 0.275. The van der Waals surface area contributed by atoms with Crippen LogP contribution in [0.4, 0.5) is 0 Å². The van der Waals surface area contributed by atoms with Crippen molar-refractivity contribution in [3.63, 3.8) is 0 Å². The molecule has 9 atom stereocenters. The fraction of sp³-hybridized carbons (Fsp3) is 0.407. The second kappa shape index (κ2) is 31.1. The number of para-hydroxylation sites is 1. The summed E-state index contributed by atoms with van der Waals surface area (Å²) in [6, 6.07) is 9.05. The number of carboxylic acids is 2. The topological polar surface area (TPSA) is 436 Å². The number of fused-ring (bicyclic) bond motifs is 1. The standard InChI is InChI=1S/C54H67N11O16S/c1-28(66)46(65-53(80)39(23-30-12-14-32(67)15-13-30)63-49(76)36(17-19-44(70)71)60-48(75)35-16-18-42(68)58-35)54(81)57-27-43(69)59-40(24-31-26-56-34-11-7-6-10-33(31)34)51(78)61-37(20-21-82-2)50(77)64-41(25-45(72)73)52(79)62-38(47(55)74)22-29-8-4-3-5-9-29/h3-15,26,28,35-41,46,56,66-67H,16-25,27H2,1-2H3,(H2,55,74)(H,57,81)(H,58,68)(H,59,69)(H,60,75)(H,61,78)(H,62,79)(H,63,76)(H,64,77)(H,65,80)(H,70,71)(H,72,73)/t28-,35+,36+,37+,38+,39+,40+,41+,46+/m1/s1. The van der Waals surface area contributed by atoms with Crippen LogP contribution in [0.3, 0.4) is 0 Å². The van der Waals surface area contributed by atoms with Gasteiger partial charge < -0.3 is 79.0 Å². The van der Waals surface area contributed by atoms with E-state index in [1.165, 1.54) is 36.0 Å². The number of H-pyrrole nitrogens is 1. The molecule has 5 rings (SSSR count). The minimum atomic E-state index is -1.81. The molecular weight excluding hydrogens is 1090 g/mol. The second-order valence-corrected chi connectivity index (χ2v) is 20.4. The van der Waals surface area contributed by atoms with Crippen LogP contribution in [0.15, 0.2) is 85.1 Å². The highest BCUT2D eigenvalue weighted by Crippen LogP contribution is 2.20. The van der Waals surface area contributed by atoms with E-state index in [-0.39, 0.29) is 50.0 Å². The number of thioether (sulfide) groups is 1. The average molecular weight is 1160 g/mol. The van der Waals surface area contributed by atoms with Crippen molar-refractivity contribution in [2.45, 2.75) is 119 Å². The molecule has 0 saturated carbocycles. The number of amides is 10. The average Bonchev–Trinajstić information content (AvgIpc) is 4.10. The Bertz CT molecular complexity index is 2960. The van der Waals surface area contributed by atoms with Gasteiger partial charge in [0.2, 0.25) is 59.1 Å². The van der Waals surface area contributed by atoms with Gasteiger partial charge in [-0.05, 0) is 73.1 Å². The van der Waals surface area contributed by atoms with Crippen molar-refractivity contribution in [1.82, 2.24) is 52.8 Å². The molecule has 1 saturated heterocycles. The van der Waals surface area contributed by atoms with E-state index in [2.05, 4.69) is 52.8 Å². The van der Waals surface area contributed by atoms with Gasteiger partial charge >= 0.3 is 11.9 Å². The van der Waals surface area contributed by atoms with Gasteiger partial charge in [0, 0.05) is 49.2 Å². The lowest BCUT2D eigenvalue weighted by molar-refractivity contribution is -0.141. The molecule has 1 aliphatic heterocycles. The number of phenolic OH excluding ortho intramolecular Hbond substituents is 1. The van der Waals surface area contributed by atoms with Crippen LogP contribution in [0, 0.1) is 0 Å². The third kappa shape index (κ3) is 19.9. The molecule has 3 aromatic carbocycles. The van der Waals surface area contributed by atoms with Crippen molar-refractivity contribution in [3.8, 4) is 5.75 Å². The van der Waals surface area contributed by atoms with Crippen molar-refractivity contribution in [1.29, 1.82) is 0 Å². The number of nitrogens with one attached hydrogen (secondary N) is 10. The minimum absolute atomic E-state index is 0.0389. The number of hydrogen-bond donors (Lipinski definition) is 15. The fourth-order valence-electron chi connectivity index (χ4n) is 8.66. The van der Waals surface area contributed by atoms with Gasteiger partial charge in [0.25, 0.3) is 0 Å². The number of aliphatic carboxylic acids is 2. The van der Waals surface area contributed by atoms with E-state index in [0.29, 0.717) is 27.6 Å². The molecule has 82 heavy (non-hydrogen) atoms. The Morgan fingerprint density at radius 2 is 1.21 bits per heavy atom. The quantitative estimate of drug-likeness (QED) is 0.0243. The Kier molecular flexibility index (Phi) is 24.2. The van der Waals surface area contributed by atoms with E-state index in [1.807, 2.05) is 0 Å². The second-order valence-electron chi connectivity index (χ2n) is 19.4. The van der Waals surface area contributed by atoms with Crippen molar-refractivity contribution in [2.75, 3.05) is 18.6 Å². The van der Waals surface area contributed by atoms with Gasteiger partial charge in [-0.15, -0.1) is 0 Å². The Morgan fingerprint density at radius 1 is 0.646 bits per heavy atom. The third-order valence-electron chi connectivity index (χ3n) is 13.0. The molecule has 0 radical (unpaired) electrons. The van der Waals surface area contributed by atoms with Crippen LogP contribution in [-0.2, 0) is 76.8 Å². The minimum Gasteiger partial charge on any atom is -0.508 e. The summed E-state index contributed by atoms with van der Waals surface area (Å²) in [7, 11) is 0. The van der Waals surface area contributed by atoms with E-state index < -0.39 is 151 Å². The van der Waals surface area contributed by atoms with Gasteiger partial charge in [-0.1, -0.05) is 60.7 Å². The maximum Gasteiger partial charge on any atom is 0.305 e. The molecule has 0 spiro atoms. The number of benzene rings is 3. The predicted molar refractivity (Wildman–Crippen MR) is 295 cm³/mol. The van der Waals surface area contributed by atoms with Crippen molar-refractivity contribution in [3.05, 3.63) is 102 Å². The van der Waals surface area contributed by atoms with Crippen molar-refractivity contribution < 1.29 is 78.0 Å². The molecular formula is C54H67N11O16S. The molecule has 0 aliphatic carbocycles. The van der Waals surface area contributed by atoms with Crippen LogP contribution in [0.25, 0.3) is 10.9 Å². The van der Waals surface area contributed by atoms with E-state index in [1.54, 1.807) is 67.0 Å². The summed E-state index contributed by atoms with van der Waals surface area (Å²) in [6.07, 6.45) is -0.778. The number of carboxylic acid groups (broad SMARTS) is 2. The van der Waals surface area contributed by atoms with Gasteiger partial charge in [-0.2, -0.15) is 11.8 Å². The first-order chi connectivity index (χ1) is 39.0. The van der Waals surface area contributed by atoms with Crippen LogP contribution < -0.4 is 53.6 Å². The Balaban J connectivity index is 1.32. The monoisotopic (exact) mass is 1160 g/mol. The number of aliphatic hydroxyl groups excluding tert-OH is 1. The molecule has 0 unspecified atom stereocenters. The zero-order valence-corrected chi connectivity index (χ0v) is 45.5. The maximum atomic E-state index is 14.4. The Labute approximate surface area is 473 Å². The normalized spacial score (nSPS) is 15.7.